The van der Waals surface area contributed by atoms with Crippen molar-refractivity contribution in [2.75, 3.05) is 26.7 Å². The van der Waals surface area contributed by atoms with Crippen molar-refractivity contribution in [3.05, 3.63) is 34.7 Å². The molecule has 3 rings (SSSR count). The highest BCUT2D eigenvalue weighted by Gasteiger charge is 2.20. The van der Waals surface area contributed by atoms with Crippen LogP contribution in [-0.4, -0.2) is 47.2 Å². The van der Waals surface area contributed by atoms with Crippen molar-refractivity contribution in [1.82, 2.24) is 19.8 Å². The van der Waals surface area contributed by atoms with Gasteiger partial charge in [0, 0.05) is 19.1 Å². The summed E-state index contributed by atoms with van der Waals surface area (Å²) in [7, 11) is 2.03. The Morgan fingerprint density at radius 3 is 3.00 bits per heavy atom. The van der Waals surface area contributed by atoms with Gasteiger partial charge < -0.3 is 15.2 Å². The molecule has 1 aliphatic rings. The lowest BCUT2D eigenvalue weighted by atomic mass is 10.3. The average Bonchev–Trinajstić information content (AvgIpc) is 3.04. The molecule has 1 aromatic heterocycles. The number of hydrogen-bond donors (Lipinski definition) is 2. The molecule has 1 fully saturated rings. The maximum absolute atomic E-state index is 11.9. The molecule has 0 amide bonds. The van der Waals surface area contributed by atoms with Crippen molar-refractivity contribution in [3.63, 3.8) is 0 Å². The molecule has 0 radical (unpaired) electrons. The van der Waals surface area contributed by atoms with Gasteiger partial charge in [0.1, 0.15) is 0 Å². The number of likely N-dealkylation sites (N-methyl/N-ethyl adjacent to an activating group) is 1. The smallest absolute Gasteiger partial charge is 0.316 e. The van der Waals surface area contributed by atoms with Gasteiger partial charge in [-0.05, 0) is 45.1 Å². The summed E-state index contributed by atoms with van der Waals surface area (Å²) in [4.78, 5) is 17.3. The van der Waals surface area contributed by atoms with Crippen LogP contribution in [0.5, 0.6) is 0 Å². The van der Waals surface area contributed by atoms with E-state index >= 15 is 0 Å². The Morgan fingerprint density at radius 2 is 2.20 bits per heavy atom. The zero-order valence-corrected chi connectivity index (χ0v) is 11.9. The number of benzene rings is 1. The van der Waals surface area contributed by atoms with Gasteiger partial charge in [-0.15, -0.1) is 0 Å². The van der Waals surface area contributed by atoms with Crippen LogP contribution in [0.2, 0.25) is 0 Å². The Bertz CT molecular complexity index is 630. The standard InChI is InChI=1S/C15H22N4O/c1-16-12-7-10-18(11-12)8-4-9-19-14-6-3-2-5-13(14)17-15(19)20/h2-3,5-6,12,16H,4,7-11H2,1H3,(H,17,20). The number of rotatable bonds is 5. The number of aromatic nitrogens is 2. The zero-order chi connectivity index (χ0) is 13.9. The third-order valence-corrected chi connectivity index (χ3v) is 4.22. The number of aryl methyl sites for hydroxylation is 1. The second-order valence-electron chi connectivity index (χ2n) is 5.53. The molecule has 5 heteroatoms. The van der Waals surface area contributed by atoms with Gasteiger partial charge >= 0.3 is 5.69 Å². The largest absolute Gasteiger partial charge is 0.326 e. The third kappa shape index (κ3) is 2.64. The molecular formula is C15H22N4O. The lowest BCUT2D eigenvalue weighted by Crippen LogP contribution is -2.30. The van der Waals surface area contributed by atoms with Crippen molar-refractivity contribution < 1.29 is 0 Å². The molecule has 2 heterocycles. The van der Waals surface area contributed by atoms with Gasteiger partial charge in [-0.25, -0.2) is 4.79 Å². The van der Waals surface area contributed by atoms with Gasteiger partial charge in [-0.3, -0.25) is 4.57 Å². The topological polar surface area (TPSA) is 53.1 Å². The Hall–Kier alpha value is -1.59. The van der Waals surface area contributed by atoms with Gasteiger partial charge in [0.25, 0.3) is 0 Å². The summed E-state index contributed by atoms with van der Waals surface area (Å²) >= 11 is 0. The Morgan fingerprint density at radius 1 is 1.35 bits per heavy atom. The molecule has 1 saturated heterocycles. The molecule has 1 aromatic carbocycles. The van der Waals surface area contributed by atoms with E-state index in [1.807, 2.05) is 35.9 Å². The maximum atomic E-state index is 11.9. The van der Waals surface area contributed by atoms with Crippen LogP contribution < -0.4 is 11.0 Å². The molecule has 0 spiro atoms. The van der Waals surface area contributed by atoms with Crippen LogP contribution in [0.1, 0.15) is 12.8 Å². The number of nitrogens with one attached hydrogen (secondary N) is 2. The van der Waals surface area contributed by atoms with Crippen molar-refractivity contribution in [2.45, 2.75) is 25.4 Å². The quantitative estimate of drug-likeness (QED) is 0.856. The third-order valence-electron chi connectivity index (χ3n) is 4.22. The van der Waals surface area contributed by atoms with E-state index in [0.717, 1.165) is 43.6 Å². The summed E-state index contributed by atoms with van der Waals surface area (Å²) in [5.41, 5.74) is 1.93. The van der Waals surface area contributed by atoms with Gasteiger partial charge in [-0.1, -0.05) is 12.1 Å². The van der Waals surface area contributed by atoms with E-state index in [0.29, 0.717) is 6.04 Å². The fraction of sp³-hybridized carbons (Fsp3) is 0.533. The van der Waals surface area contributed by atoms with E-state index in [4.69, 9.17) is 0 Å². The van der Waals surface area contributed by atoms with Gasteiger partial charge in [0.15, 0.2) is 0 Å². The second-order valence-corrected chi connectivity index (χ2v) is 5.53. The molecule has 2 aromatic rings. The average molecular weight is 274 g/mol. The highest BCUT2D eigenvalue weighted by molar-refractivity contribution is 5.74. The Labute approximate surface area is 118 Å². The number of fused-ring (bicyclic) bond motifs is 1. The number of likely N-dealkylation sites (tertiary alicyclic amines) is 1. The number of para-hydroxylation sites is 2. The lowest BCUT2D eigenvalue weighted by Gasteiger charge is -2.15. The van der Waals surface area contributed by atoms with Crippen molar-refractivity contribution in [1.29, 1.82) is 0 Å². The Balaban J connectivity index is 1.60. The van der Waals surface area contributed by atoms with Crippen LogP contribution in [-0.2, 0) is 6.54 Å². The first kappa shape index (κ1) is 13.4. The molecule has 5 nitrogen and oxygen atoms in total. The minimum Gasteiger partial charge on any atom is -0.316 e. The summed E-state index contributed by atoms with van der Waals surface area (Å²) in [6, 6.07) is 8.51. The first-order valence-corrected chi connectivity index (χ1v) is 7.35. The maximum Gasteiger partial charge on any atom is 0.326 e. The van der Waals surface area contributed by atoms with Crippen molar-refractivity contribution in [2.24, 2.45) is 0 Å². The van der Waals surface area contributed by atoms with Crippen LogP contribution in [0.15, 0.2) is 29.1 Å². The van der Waals surface area contributed by atoms with E-state index in [1.54, 1.807) is 0 Å². The summed E-state index contributed by atoms with van der Waals surface area (Å²) in [5.74, 6) is 0. The normalized spacial score (nSPS) is 19.9. The monoisotopic (exact) mass is 274 g/mol. The first-order chi connectivity index (χ1) is 9.78. The molecule has 2 N–H and O–H groups in total. The van der Waals surface area contributed by atoms with Crippen LogP contribution in [0, 0.1) is 0 Å². The van der Waals surface area contributed by atoms with Crippen molar-refractivity contribution in [3.8, 4) is 0 Å². The number of imidazole rings is 1. The summed E-state index contributed by atoms with van der Waals surface area (Å²) < 4.78 is 1.85. The molecule has 1 unspecified atom stereocenters. The van der Waals surface area contributed by atoms with Crippen LogP contribution >= 0.6 is 0 Å². The molecule has 20 heavy (non-hydrogen) atoms. The molecular weight excluding hydrogens is 252 g/mol. The fourth-order valence-corrected chi connectivity index (χ4v) is 3.05. The van der Waals surface area contributed by atoms with E-state index in [-0.39, 0.29) is 5.69 Å². The summed E-state index contributed by atoms with van der Waals surface area (Å²) in [6.45, 7) is 4.13. The number of nitrogens with zero attached hydrogens (tertiary/aromatic N) is 2. The van der Waals surface area contributed by atoms with E-state index in [9.17, 15) is 4.79 Å². The SMILES string of the molecule is CNC1CCN(CCCn2c(=O)[nH]c3ccccc32)C1. The zero-order valence-electron chi connectivity index (χ0n) is 11.9. The summed E-state index contributed by atoms with van der Waals surface area (Å²) in [5, 5.41) is 3.33. The van der Waals surface area contributed by atoms with Crippen molar-refractivity contribution >= 4 is 11.0 Å². The first-order valence-electron chi connectivity index (χ1n) is 7.35. The second kappa shape index (κ2) is 5.81. The predicted molar refractivity (Wildman–Crippen MR) is 81.1 cm³/mol. The minimum atomic E-state index is 0.000670. The predicted octanol–water partition coefficient (Wildman–Crippen LogP) is 1.01. The molecule has 108 valence electrons. The van der Waals surface area contributed by atoms with Gasteiger partial charge in [0.2, 0.25) is 0 Å². The van der Waals surface area contributed by atoms with Crippen LogP contribution in [0.4, 0.5) is 0 Å². The molecule has 1 atom stereocenters. The summed E-state index contributed by atoms with van der Waals surface area (Å²) in [6.07, 6.45) is 2.24. The highest BCUT2D eigenvalue weighted by Crippen LogP contribution is 2.11. The van der Waals surface area contributed by atoms with E-state index < -0.39 is 0 Å². The number of aromatic amines is 1. The van der Waals surface area contributed by atoms with E-state index in [2.05, 4.69) is 15.2 Å². The lowest BCUT2D eigenvalue weighted by molar-refractivity contribution is 0.317. The van der Waals surface area contributed by atoms with Gasteiger partial charge in [-0.2, -0.15) is 0 Å². The molecule has 1 aliphatic heterocycles. The van der Waals surface area contributed by atoms with Gasteiger partial charge in [0.05, 0.1) is 11.0 Å². The minimum absolute atomic E-state index is 0.000670. The molecule has 0 aliphatic carbocycles. The number of H-pyrrole nitrogens is 1. The van der Waals surface area contributed by atoms with Crippen LogP contribution in [0.3, 0.4) is 0 Å². The molecule has 0 bridgehead atoms. The van der Waals surface area contributed by atoms with Crippen LogP contribution in [0.25, 0.3) is 11.0 Å². The Kier molecular flexibility index (Phi) is 3.89. The molecule has 0 saturated carbocycles. The fourth-order valence-electron chi connectivity index (χ4n) is 3.05. The van der Waals surface area contributed by atoms with E-state index in [1.165, 1.54) is 6.42 Å². The number of hydrogen-bond acceptors (Lipinski definition) is 3. The highest BCUT2D eigenvalue weighted by atomic mass is 16.1.